The molecule has 0 atom stereocenters. The summed E-state index contributed by atoms with van der Waals surface area (Å²) in [5, 5.41) is 0. The molecule has 1 aliphatic rings. The van der Waals surface area contributed by atoms with Crippen LogP contribution < -0.4 is 14.4 Å². The molecule has 154 valence electrons. The van der Waals surface area contributed by atoms with Crippen molar-refractivity contribution in [3.63, 3.8) is 0 Å². The first kappa shape index (κ1) is 19.8. The van der Waals surface area contributed by atoms with E-state index in [1.54, 1.807) is 7.11 Å². The van der Waals surface area contributed by atoms with Crippen LogP contribution in [-0.2, 0) is 4.79 Å². The standard InChI is InChI=1S/C25H26N2O3/c1-29-24-9-5-8-22(18-24)26-14-16-27(17-15-26)25(28)19-30-23-12-10-21(11-13-23)20-6-3-2-4-7-20/h2-13,18H,14-17,19H2,1H3. The number of hydrogen-bond donors (Lipinski definition) is 0. The lowest BCUT2D eigenvalue weighted by molar-refractivity contribution is -0.133. The van der Waals surface area contributed by atoms with Crippen LogP contribution in [0.5, 0.6) is 11.5 Å². The smallest absolute Gasteiger partial charge is 0.260 e. The van der Waals surface area contributed by atoms with Crippen molar-refractivity contribution in [3.8, 4) is 22.6 Å². The van der Waals surface area contributed by atoms with Gasteiger partial charge in [-0.15, -0.1) is 0 Å². The number of anilines is 1. The van der Waals surface area contributed by atoms with Crippen LogP contribution in [0, 0.1) is 0 Å². The molecule has 0 bridgehead atoms. The predicted octanol–water partition coefficient (Wildman–Crippen LogP) is 4.09. The molecule has 0 radical (unpaired) electrons. The second-order valence-electron chi connectivity index (χ2n) is 7.25. The third-order valence-electron chi connectivity index (χ3n) is 5.37. The highest BCUT2D eigenvalue weighted by atomic mass is 16.5. The quantitative estimate of drug-likeness (QED) is 0.623. The lowest BCUT2D eigenvalue weighted by Crippen LogP contribution is -2.50. The first-order chi connectivity index (χ1) is 14.7. The summed E-state index contributed by atoms with van der Waals surface area (Å²) in [5.41, 5.74) is 3.41. The second-order valence-corrected chi connectivity index (χ2v) is 7.25. The summed E-state index contributed by atoms with van der Waals surface area (Å²) in [6.45, 7) is 3.03. The molecule has 0 N–H and O–H groups in total. The zero-order chi connectivity index (χ0) is 20.8. The Hall–Kier alpha value is -3.47. The molecule has 3 aromatic rings. The van der Waals surface area contributed by atoms with Gasteiger partial charge in [-0.05, 0) is 35.4 Å². The van der Waals surface area contributed by atoms with Gasteiger partial charge in [0.25, 0.3) is 5.91 Å². The van der Waals surface area contributed by atoms with Crippen molar-refractivity contribution < 1.29 is 14.3 Å². The average molecular weight is 402 g/mol. The number of carbonyl (C=O) groups is 1. The van der Waals surface area contributed by atoms with Crippen molar-refractivity contribution in [2.45, 2.75) is 0 Å². The van der Waals surface area contributed by atoms with Crippen LogP contribution in [0.25, 0.3) is 11.1 Å². The highest BCUT2D eigenvalue weighted by Crippen LogP contribution is 2.23. The molecule has 0 saturated carbocycles. The van der Waals surface area contributed by atoms with Crippen molar-refractivity contribution >= 4 is 11.6 Å². The van der Waals surface area contributed by atoms with Crippen LogP contribution in [0.1, 0.15) is 0 Å². The molecule has 5 nitrogen and oxygen atoms in total. The van der Waals surface area contributed by atoms with Gasteiger partial charge in [-0.2, -0.15) is 0 Å². The minimum atomic E-state index is 0.0208. The van der Waals surface area contributed by atoms with E-state index in [2.05, 4.69) is 23.1 Å². The van der Waals surface area contributed by atoms with E-state index in [9.17, 15) is 4.79 Å². The highest BCUT2D eigenvalue weighted by Gasteiger charge is 2.21. The average Bonchev–Trinajstić information content (AvgIpc) is 2.83. The molecule has 0 aliphatic carbocycles. The summed E-state index contributed by atoms with van der Waals surface area (Å²) in [6.07, 6.45) is 0. The van der Waals surface area contributed by atoms with Crippen LogP contribution in [0.4, 0.5) is 5.69 Å². The van der Waals surface area contributed by atoms with Gasteiger partial charge in [-0.3, -0.25) is 4.79 Å². The predicted molar refractivity (Wildman–Crippen MR) is 119 cm³/mol. The molecule has 30 heavy (non-hydrogen) atoms. The third-order valence-corrected chi connectivity index (χ3v) is 5.37. The topological polar surface area (TPSA) is 42.0 Å². The normalized spacial score (nSPS) is 13.8. The Kier molecular flexibility index (Phi) is 6.18. The van der Waals surface area contributed by atoms with Crippen LogP contribution in [0.2, 0.25) is 0 Å². The minimum absolute atomic E-state index is 0.0208. The van der Waals surface area contributed by atoms with Crippen LogP contribution >= 0.6 is 0 Å². The van der Waals surface area contributed by atoms with E-state index < -0.39 is 0 Å². The molecule has 0 unspecified atom stereocenters. The van der Waals surface area contributed by atoms with E-state index >= 15 is 0 Å². The Morgan fingerprint density at radius 2 is 1.50 bits per heavy atom. The first-order valence-electron chi connectivity index (χ1n) is 10.2. The minimum Gasteiger partial charge on any atom is -0.497 e. The Bertz CT molecular complexity index is 965. The summed E-state index contributed by atoms with van der Waals surface area (Å²) in [7, 11) is 1.67. The Labute approximate surface area is 177 Å². The fourth-order valence-electron chi connectivity index (χ4n) is 3.63. The summed E-state index contributed by atoms with van der Waals surface area (Å²) in [5.74, 6) is 1.57. The van der Waals surface area contributed by atoms with Gasteiger partial charge in [0.1, 0.15) is 11.5 Å². The maximum Gasteiger partial charge on any atom is 0.260 e. The van der Waals surface area contributed by atoms with Gasteiger partial charge in [-0.25, -0.2) is 0 Å². The Balaban J connectivity index is 1.27. The number of carbonyl (C=O) groups excluding carboxylic acids is 1. The Morgan fingerprint density at radius 3 is 2.20 bits per heavy atom. The van der Waals surface area contributed by atoms with Gasteiger partial charge >= 0.3 is 0 Å². The number of benzene rings is 3. The first-order valence-corrected chi connectivity index (χ1v) is 10.2. The monoisotopic (exact) mass is 402 g/mol. The van der Waals surface area contributed by atoms with E-state index in [4.69, 9.17) is 9.47 Å². The summed E-state index contributed by atoms with van der Waals surface area (Å²) >= 11 is 0. The molecule has 4 rings (SSSR count). The molecule has 1 heterocycles. The molecular formula is C25H26N2O3. The van der Waals surface area contributed by atoms with Crippen molar-refractivity contribution in [1.29, 1.82) is 0 Å². The molecule has 1 amide bonds. The fraction of sp³-hybridized carbons (Fsp3) is 0.240. The second kappa shape index (κ2) is 9.35. The van der Waals surface area contributed by atoms with Crippen molar-refractivity contribution in [2.75, 3.05) is 44.8 Å². The van der Waals surface area contributed by atoms with Gasteiger partial charge in [-0.1, -0.05) is 48.5 Å². The molecule has 5 heteroatoms. The number of amides is 1. The molecule has 1 fully saturated rings. The van der Waals surface area contributed by atoms with Gasteiger partial charge in [0.2, 0.25) is 0 Å². The number of ether oxygens (including phenoxy) is 2. The van der Waals surface area contributed by atoms with E-state index in [0.717, 1.165) is 35.7 Å². The molecule has 0 spiro atoms. The van der Waals surface area contributed by atoms with E-state index in [-0.39, 0.29) is 12.5 Å². The van der Waals surface area contributed by atoms with Crippen molar-refractivity contribution in [1.82, 2.24) is 4.90 Å². The number of nitrogens with zero attached hydrogens (tertiary/aromatic N) is 2. The van der Waals surface area contributed by atoms with Crippen molar-refractivity contribution in [3.05, 3.63) is 78.9 Å². The number of rotatable bonds is 6. The maximum atomic E-state index is 12.6. The van der Waals surface area contributed by atoms with Gasteiger partial charge in [0.05, 0.1) is 7.11 Å². The lowest BCUT2D eigenvalue weighted by atomic mass is 10.1. The molecular weight excluding hydrogens is 376 g/mol. The van der Waals surface area contributed by atoms with Gasteiger partial charge in [0.15, 0.2) is 6.61 Å². The van der Waals surface area contributed by atoms with Crippen LogP contribution in [0.3, 0.4) is 0 Å². The fourth-order valence-corrected chi connectivity index (χ4v) is 3.63. The Morgan fingerprint density at radius 1 is 0.800 bits per heavy atom. The van der Waals surface area contributed by atoms with E-state index in [1.165, 1.54) is 0 Å². The van der Waals surface area contributed by atoms with Gasteiger partial charge < -0.3 is 19.3 Å². The molecule has 0 aromatic heterocycles. The third kappa shape index (κ3) is 4.74. The SMILES string of the molecule is COc1cccc(N2CCN(C(=O)COc3ccc(-c4ccccc4)cc3)CC2)c1. The zero-order valence-corrected chi connectivity index (χ0v) is 17.2. The number of methoxy groups -OCH3 is 1. The van der Waals surface area contributed by atoms with Crippen molar-refractivity contribution in [2.24, 2.45) is 0 Å². The van der Waals surface area contributed by atoms with Crippen LogP contribution in [0.15, 0.2) is 78.9 Å². The summed E-state index contributed by atoms with van der Waals surface area (Å²) in [4.78, 5) is 16.7. The molecule has 1 aliphatic heterocycles. The lowest BCUT2D eigenvalue weighted by Gasteiger charge is -2.36. The van der Waals surface area contributed by atoms with E-state index in [0.29, 0.717) is 18.8 Å². The van der Waals surface area contributed by atoms with E-state index in [1.807, 2.05) is 65.6 Å². The molecule has 1 saturated heterocycles. The zero-order valence-electron chi connectivity index (χ0n) is 17.2. The number of piperazine rings is 1. The highest BCUT2D eigenvalue weighted by molar-refractivity contribution is 5.78. The summed E-state index contributed by atoms with van der Waals surface area (Å²) < 4.78 is 11.0. The summed E-state index contributed by atoms with van der Waals surface area (Å²) in [6, 6.07) is 26.1. The number of hydrogen-bond acceptors (Lipinski definition) is 4. The largest absolute Gasteiger partial charge is 0.497 e. The maximum absolute atomic E-state index is 12.6. The van der Waals surface area contributed by atoms with Gasteiger partial charge in [0, 0.05) is 37.9 Å². The van der Waals surface area contributed by atoms with Crippen LogP contribution in [-0.4, -0.2) is 50.7 Å². The molecule has 3 aromatic carbocycles.